The molecule has 1 unspecified atom stereocenters. The molecule has 0 aromatic carbocycles. The van der Waals surface area contributed by atoms with Crippen LogP contribution in [0.2, 0.25) is 0 Å². The number of aromatic amines is 1. The number of aliphatic hydroxyl groups is 2. The van der Waals surface area contributed by atoms with Crippen LogP contribution in [0.3, 0.4) is 0 Å². The maximum atomic E-state index is 11.6. The Morgan fingerprint density at radius 1 is 1.60 bits per heavy atom. The Balaban J connectivity index is 2.35. The smallest absolute Gasteiger partial charge is 0.277 e. The lowest BCUT2D eigenvalue weighted by molar-refractivity contribution is -0.0203. The van der Waals surface area contributed by atoms with Crippen LogP contribution < -0.4 is 21.9 Å². The van der Waals surface area contributed by atoms with Crippen LogP contribution in [-0.4, -0.2) is 45.2 Å². The fourth-order valence-electron chi connectivity index (χ4n) is 2.07. The summed E-state index contributed by atoms with van der Waals surface area (Å²) in [5.74, 6) is 0.000318. The van der Waals surface area contributed by atoms with Crippen molar-refractivity contribution in [2.75, 3.05) is 23.0 Å². The van der Waals surface area contributed by atoms with Crippen LogP contribution >= 0.6 is 0 Å². The predicted molar refractivity (Wildman–Crippen MR) is 72.7 cm³/mol. The second-order valence-corrected chi connectivity index (χ2v) is 4.39. The van der Waals surface area contributed by atoms with E-state index >= 15 is 0 Å². The van der Waals surface area contributed by atoms with Gasteiger partial charge in [0.1, 0.15) is 18.0 Å². The summed E-state index contributed by atoms with van der Waals surface area (Å²) >= 11 is 0. The number of nitrogens with two attached hydrogens (primary N) is 2. The molecule has 2 rings (SSSR count). The van der Waals surface area contributed by atoms with Crippen molar-refractivity contribution in [3.05, 3.63) is 23.1 Å². The van der Waals surface area contributed by atoms with Gasteiger partial charge < -0.3 is 31.3 Å². The number of hydrogen-bond acceptors (Lipinski definition) is 8. The second kappa shape index (κ2) is 5.49. The topological polar surface area (TPSA) is 151 Å². The fourth-order valence-corrected chi connectivity index (χ4v) is 2.07. The number of anilines is 3. The van der Waals surface area contributed by atoms with Crippen LogP contribution in [0, 0.1) is 0 Å². The van der Waals surface area contributed by atoms with Crippen LogP contribution in [0.1, 0.15) is 6.42 Å². The number of nitrogens with one attached hydrogen (secondary N) is 1. The molecule has 110 valence electrons. The highest BCUT2D eigenvalue weighted by molar-refractivity contribution is 5.64. The van der Waals surface area contributed by atoms with Crippen LogP contribution in [0.4, 0.5) is 17.5 Å². The third-order valence-corrected chi connectivity index (χ3v) is 3.09. The summed E-state index contributed by atoms with van der Waals surface area (Å²) in [4.78, 5) is 19.2. The van der Waals surface area contributed by atoms with Gasteiger partial charge in [0, 0.05) is 12.6 Å². The summed E-state index contributed by atoms with van der Waals surface area (Å²) in [5, 5.41) is 18.8. The van der Waals surface area contributed by atoms with Crippen LogP contribution in [-0.2, 0) is 4.74 Å². The Morgan fingerprint density at radius 3 is 2.85 bits per heavy atom. The molecule has 1 saturated heterocycles. The third kappa shape index (κ3) is 2.46. The highest BCUT2D eigenvalue weighted by Crippen LogP contribution is 2.28. The van der Waals surface area contributed by atoms with Crippen molar-refractivity contribution in [2.45, 2.75) is 24.9 Å². The zero-order valence-electron chi connectivity index (χ0n) is 10.7. The minimum atomic E-state index is -0.826. The summed E-state index contributed by atoms with van der Waals surface area (Å²) in [6, 6.07) is 0. The van der Waals surface area contributed by atoms with Gasteiger partial charge in [0.15, 0.2) is 5.82 Å². The Hall–Kier alpha value is -2.10. The zero-order chi connectivity index (χ0) is 14.9. The Kier molecular flexibility index (Phi) is 3.93. The average molecular weight is 283 g/mol. The van der Waals surface area contributed by atoms with Crippen LogP contribution in [0.5, 0.6) is 0 Å². The van der Waals surface area contributed by atoms with E-state index in [9.17, 15) is 9.90 Å². The molecule has 20 heavy (non-hydrogen) atoms. The summed E-state index contributed by atoms with van der Waals surface area (Å²) < 4.78 is 5.47. The van der Waals surface area contributed by atoms with Crippen molar-refractivity contribution < 1.29 is 14.9 Å². The van der Waals surface area contributed by atoms with Gasteiger partial charge in [-0.25, -0.2) is 0 Å². The standard InChI is InChI=1S/C11H17N5O4/c1-2-16(7-3-5(18)6(4-17)20-7)9-8(12)10(19)15-11(13)14-9/h2,5-7,17-18H,1,3-4,12H2,(H3,13,14,15,19)/t5?,6-,7-/m1/s1. The number of hydrogen-bond donors (Lipinski definition) is 5. The van der Waals surface area contributed by atoms with Crippen molar-refractivity contribution >= 4 is 17.5 Å². The minimum Gasteiger partial charge on any atom is -0.394 e. The highest BCUT2D eigenvalue weighted by Gasteiger charge is 2.37. The van der Waals surface area contributed by atoms with E-state index in [-0.39, 0.29) is 30.5 Å². The van der Waals surface area contributed by atoms with Gasteiger partial charge in [-0.3, -0.25) is 9.78 Å². The predicted octanol–water partition coefficient (Wildman–Crippen LogP) is -1.65. The quantitative estimate of drug-likeness (QED) is 0.441. The molecule has 0 aliphatic carbocycles. The van der Waals surface area contributed by atoms with E-state index in [4.69, 9.17) is 21.3 Å². The number of rotatable bonds is 4. The van der Waals surface area contributed by atoms with E-state index in [1.165, 1.54) is 11.1 Å². The summed E-state index contributed by atoms with van der Waals surface area (Å²) in [5.41, 5.74) is 10.5. The number of nitrogen functional groups attached to an aromatic ring is 2. The number of nitrogens with zero attached hydrogens (tertiary/aromatic N) is 2. The lowest BCUT2D eigenvalue weighted by Gasteiger charge is -2.26. The van der Waals surface area contributed by atoms with Crippen molar-refractivity contribution in [1.82, 2.24) is 9.97 Å². The molecule has 0 bridgehead atoms. The first-order valence-electron chi connectivity index (χ1n) is 5.98. The molecule has 1 aliphatic rings. The lowest BCUT2D eigenvalue weighted by Crippen LogP contribution is -2.34. The molecule has 9 heteroatoms. The number of aliphatic hydroxyl groups excluding tert-OH is 2. The summed E-state index contributed by atoms with van der Waals surface area (Å²) in [6.07, 6.45) is -0.591. The molecular weight excluding hydrogens is 266 g/mol. The minimum absolute atomic E-state index is 0.0942. The monoisotopic (exact) mass is 283 g/mol. The van der Waals surface area contributed by atoms with Gasteiger partial charge in [0.25, 0.3) is 5.56 Å². The van der Waals surface area contributed by atoms with Gasteiger partial charge in [-0.2, -0.15) is 4.98 Å². The molecule has 0 amide bonds. The average Bonchev–Trinajstić information content (AvgIpc) is 2.77. The largest absolute Gasteiger partial charge is 0.394 e. The van der Waals surface area contributed by atoms with Gasteiger partial charge in [-0.05, 0) is 0 Å². The van der Waals surface area contributed by atoms with Gasteiger partial charge in [-0.1, -0.05) is 6.58 Å². The third-order valence-electron chi connectivity index (χ3n) is 3.09. The first-order chi connectivity index (χ1) is 9.47. The lowest BCUT2D eigenvalue weighted by atomic mass is 10.2. The Morgan fingerprint density at radius 2 is 2.30 bits per heavy atom. The highest BCUT2D eigenvalue weighted by atomic mass is 16.5. The molecule has 1 aliphatic heterocycles. The van der Waals surface area contributed by atoms with Gasteiger partial charge in [0.2, 0.25) is 5.95 Å². The number of aromatic nitrogens is 2. The molecule has 2 heterocycles. The number of ether oxygens (including phenoxy) is 1. The van der Waals surface area contributed by atoms with Crippen molar-refractivity contribution in [3.8, 4) is 0 Å². The van der Waals surface area contributed by atoms with Gasteiger partial charge >= 0.3 is 0 Å². The molecule has 1 aromatic rings. The van der Waals surface area contributed by atoms with E-state index in [0.29, 0.717) is 0 Å². The number of H-pyrrole nitrogens is 1. The van der Waals surface area contributed by atoms with E-state index in [1.807, 2.05) is 0 Å². The molecule has 1 aromatic heterocycles. The maximum absolute atomic E-state index is 11.6. The molecule has 0 spiro atoms. The summed E-state index contributed by atoms with van der Waals surface area (Å²) in [6.45, 7) is 3.30. The van der Waals surface area contributed by atoms with Gasteiger partial charge in [0.05, 0.1) is 12.7 Å². The van der Waals surface area contributed by atoms with Crippen molar-refractivity contribution in [2.24, 2.45) is 0 Å². The Bertz CT molecular complexity index is 560. The molecular formula is C11H17N5O4. The van der Waals surface area contributed by atoms with Crippen LogP contribution in [0.15, 0.2) is 17.6 Å². The SMILES string of the molecule is C=CN(c1nc(N)[nH]c(=O)c1N)[C@H]1CC(O)[C@@H](CO)O1. The van der Waals surface area contributed by atoms with Crippen molar-refractivity contribution in [1.29, 1.82) is 0 Å². The molecule has 1 fully saturated rings. The Labute approximate surface area is 114 Å². The van der Waals surface area contributed by atoms with Crippen molar-refractivity contribution in [3.63, 3.8) is 0 Å². The first kappa shape index (κ1) is 14.3. The molecule has 7 N–H and O–H groups in total. The molecule has 0 radical (unpaired) electrons. The molecule has 0 saturated carbocycles. The zero-order valence-corrected chi connectivity index (χ0v) is 10.7. The van der Waals surface area contributed by atoms with Crippen LogP contribution in [0.25, 0.3) is 0 Å². The van der Waals surface area contributed by atoms with E-state index in [2.05, 4.69) is 16.5 Å². The molecule has 9 nitrogen and oxygen atoms in total. The maximum Gasteiger partial charge on any atom is 0.277 e. The van der Waals surface area contributed by atoms with E-state index in [0.717, 1.165) is 0 Å². The van der Waals surface area contributed by atoms with Gasteiger partial charge in [-0.15, -0.1) is 0 Å². The normalized spacial score (nSPS) is 25.6. The first-order valence-corrected chi connectivity index (χ1v) is 5.98. The van der Waals surface area contributed by atoms with E-state index in [1.54, 1.807) is 0 Å². The summed E-state index contributed by atoms with van der Waals surface area (Å²) in [7, 11) is 0. The fraction of sp³-hybridized carbons (Fsp3) is 0.455. The molecule has 3 atom stereocenters. The second-order valence-electron chi connectivity index (χ2n) is 4.39. The van der Waals surface area contributed by atoms with E-state index < -0.39 is 24.0 Å².